The Bertz CT molecular complexity index is 406. The summed E-state index contributed by atoms with van der Waals surface area (Å²) in [4.78, 5) is 11.2. The van der Waals surface area contributed by atoms with E-state index in [-0.39, 0.29) is 29.5 Å². The Kier molecular flexibility index (Phi) is 3.96. The summed E-state index contributed by atoms with van der Waals surface area (Å²) in [5.74, 6) is 0.0541. The number of esters is 1. The van der Waals surface area contributed by atoms with Crippen molar-refractivity contribution in [3.8, 4) is 0 Å². The van der Waals surface area contributed by atoms with Crippen LogP contribution in [0.5, 0.6) is 0 Å². The summed E-state index contributed by atoms with van der Waals surface area (Å²) in [6.07, 6.45) is 4.05. The van der Waals surface area contributed by atoms with Crippen LogP contribution in [0.25, 0.3) is 0 Å². The molecule has 0 N–H and O–H groups in total. The number of carbonyl (C=O) groups excluding carboxylic acids is 1. The molecule has 2 aliphatic carbocycles. The quantitative estimate of drug-likeness (QED) is 0.622. The molecule has 0 radical (unpaired) electrons. The molecule has 0 aliphatic heterocycles. The van der Waals surface area contributed by atoms with E-state index in [9.17, 15) is 13.2 Å². The maximum absolute atomic E-state index is 11.9. The van der Waals surface area contributed by atoms with Crippen LogP contribution in [0.3, 0.4) is 0 Å². The SMILES string of the molecule is COC(=O)CC1(CS(=O)(=O)COCC2CC2)CC1. The average Bonchev–Trinajstić information content (AvgIpc) is 3.16. The normalized spacial score (nSPS) is 21.6. The molecule has 6 heteroatoms. The summed E-state index contributed by atoms with van der Waals surface area (Å²) in [5, 5.41) is 0. The van der Waals surface area contributed by atoms with Gasteiger partial charge in [0.2, 0.25) is 0 Å². The van der Waals surface area contributed by atoms with Crippen molar-refractivity contribution in [1.29, 1.82) is 0 Å². The summed E-state index contributed by atoms with van der Waals surface area (Å²) in [5.41, 5.74) is -0.380. The van der Waals surface area contributed by atoms with Crippen molar-refractivity contribution >= 4 is 15.8 Å². The van der Waals surface area contributed by atoms with E-state index in [0.29, 0.717) is 12.5 Å². The Morgan fingerprint density at radius 1 is 1.33 bits per heavy atom. The second-order valence-corrected chi connectivity index (χ2v) is 7.58. The van der Waals surface area contributed by atoms with Gasteiger partial charge in [-0.15, -0.1) is 0 Å². The largest absolute Gasteiger partial charge is 0.469 e. The van der Waals surface area contributed by atoms with Gasteiger partial charge in [-0.3, -0.25) is 4.79 Å². The van der Waals surface area contributed by atoms with Gasteiger partial charge in [-0.2, -0.15) is 0 Å². The highest BCUT2D eigenvalue weighted by molar-refractivity contribution is 7.91. The molecule has 0 aromatic rings. The van der Waals surface area contributed by atoms with Crippen LogP contribution in [-0.4, -0.2) is 39.8 Å². The minimum Gasteiger partial charge on any atom is -0.469 e. The van der Waals surface area contributed by atoms with E-state index in [1.807, 2.05) is 0 Å². The summed E-state index contributed by atoms with van der Waals surface area (Å²) >= 11 is 0. The first-order chi connectivity index (χ1) is 8.45. The monoisotopic (exact) mass is 276 g/mol. The number of hydrogen-bond acceptors (Lipinski definition) is 5. The first-order valence-corrected chi connectivity index (χ1v) is 8.12. The molecule has 0 atom stereocenters. The molecule has 0 aromatic carbocycles. The van der Waals surface area contributed by atoms with Gasteiger partial charge in [0.25, 0.3) is 0 Å². The van der Waals surface area contributed by atoms with Crippen LogP contribution < -0.4 is 0 Å². The molecule has 18 heavy (non-hydrogen) atoms. The topological polar surface area (TPSA) is 69.7 Å². The summed E-state index contributed by atoms with van der Waals surface area (Å²) in [6.45, 7) is 0.545. The van der Waals surface area contributed by atoms with Gasteiger partial charge in [-0.25, -0.2) is 8.42 Å². The number of rotatable bonds is 8. The molecule has 2 aliphatic rings. The highest BCUT2D eigenvalue weighted by Crippen LogP contribution is 2.50. The molecule has 2 fully saturated rings. The van der Waals surface area contributed by atoms with Crippen molar-refractivity contribution in [1.82, 2.24) is 0 Å². The fourth-order valence-electron chi connectivity index (χ4n) is 2.06. The van der Waals surface area contributed by atoms with Crippen molar-refractivity contribution in [3.63, 3.8) is 0 Å². The second-order valence-electron chi connectivity index (χ2n) is 5.57. The molecule has 5 nitrogen and oxygen atoms in total. The van der Waals surface area contributed by atoms with Gasteiger partial charge in [0, 0.05) is 0 Å². The molecule has 0 saturated heterocycles. The highest BCUT2D eigenvalue weighted by Gasteiger charge is 2.47. The maximum Gasteiger partial charge on any atom is 0.306 e. The predicted octanol–water partition coefficient (Wildman–Crippen LogP) is 1.13. The zero-order valence-corrected chi connectivity index (χ0v) is 11.5. The van der Waals surface area contributed by atoms with Gasteiger partial charge in [0.1, 0.15) is 5.94 Å². The Labute approximate surface area is 108 Å². The van der Waals surface area contributed by atoms with Crippen LogP contribution >= 0.6 is 0 Å². The van der Waals surface area contributed by atoms with Crippen LogP contribution in [0.2, 0.25) is 0 Å². The third-order valence-corrected chi connectivity index (χ3v) is 5.12. The first-order valence-electron chi connectivity index (χ1n) is 6.30. The zero-order chi connectivity index (χ0) is 13.2. The lowest BCUT2D eigenvalue weighted by atomic mass is 10.1. The standard InChI is InChI=1S/C12H20O5S/c1-16-11(13)6-12(4-5-12)8-18(14,15)9-17-7-10-2-3-10/h10H,2-9H2,1H3. The number of hydrogen-bond donors (Lipinski definition) is 0. The fourth-order valence-corrected chi connectivity index (χ4v) is 3.82. The smallest absolute Gasteiger partial charge is 0.306 e. The number of sulfone groups is 1. The zero-order valence-electron chi connectivity index (χ0n) is 10.7. The number of carbonyl (C=O) groups is 1. The molecule has 0 aromatic heterocycles. The van der Waals surface area contributed by atoms with Crippen molar-refractivity contribution in [2.24, 2.45) is 11.3 Å². The molecule has 0 unspecified atom stereocenters. The molecular weight excluding hydrogens is 256 g/mol. The molecular formula is C12H20O5S. The summed E-state index contributed by atoms with van der Waals surface area (Å²) in [7, 11) is -1.90. The van der Waals surface area contributed by atoms with Crippen molar-refractivity contribution in [3.05, 3.63) is 0 Å². The van der Waals surface area contributed by atoms with Gasteiger partial charge in [-0.05, 0) is 37.0 Å². The lowest BCUT2D eigenvalue weighted by molar-refractivity contribution is -0.141. The molecule has 2 saturated carbocycles. The second kappa shape index (κ2) is 5.17. The van der Waals surface area contributed by atoms with E-state index >= 15 is 0 Å². The lowest BCUT2D eigenvalue weighted by Crippen LogP contribution is -2.24. The Morgan fingerprint density at radius 2 is 2.00 bits per heavy atom. The van der Waals surface area contributed by atoms with Crippen LogP contribution in [0.15, 0.2) is 0 Å². The molecule has 2 rings (SSSR count). The van der Waals surface area contributed by atoms with Crippen LogP contribution in [-0.2, 0) is 24.1 Å². The van der Waals surface area contributed by atoms with Crippen LogP contribution in [0.4, 0.5) is 0 Å². The van der Waals surface area contributed by atoms with Gasteiger partial charge in [-0.1, -0.05) is 0 Å². The first kappa shape index (κ1) is 13.8. The summed E-state index contributed by atoms with van der Waals surface area (Å²) < 4.78 is 33.6. The lowest BCUT2D eigenvalue weighted by Gasteiger charge is -2.14. The molecule has 0 amide bonds. The number of ether oxygens (including phenoxy) is 2. The van der Waals surface area contributed by atoms with Gasteiger partial charge < -0.3 is 9.47 Å². The Balaban J connectivity index is 1.77. The molecule has 0 bridgehead atoms. The minimum atomic E-state index is -3.23. The average molecular weight is 276 g/mol. The third kappa shape index (κ3) is 4.24. The third-order valence-electron chi connectivity index (χ3n) is 3.54. The Morgan fingerprint density at radius 3 is 2.50 bits per heavy atom. The molecule has 104 valence electrons. The van der Waals surface area contributed by atoms with Crippen molar-refractivity contribution < 1.29 is 22.7 Å². The van der Waals surface area contributed by atoms with E-state index in [1.165, 1.54) is 7.11 Å². The Hall–Kier alpha value is -0.620. The fraction of sp³-hybridized carbons (Fsp3) is 0.917. The van der Waals surface area contributed by atoms with E-state index in [4.69, 9.17) is 4.74 Å². The van der Waals surface area contributed by atoms with Gasteiger partial charge in [0.15, 0.2) is 9.84 Å². The number of methoxy groups -OCH3 is 1. The van der Waals surface area contributed by atoms with E-state index in [1.54, 1.807) is 0 Å². The predicted molar refractivity (Wildman–Crippen MR) is 65.6 cm³/mol. The van der Waals surface area contributed by atoms with E-state index in [2.05, 4.69) is 4.74 Å². The van der Waals surface area contributed by atoms with Crippen molar-refractivity contribution in [2.45, 2.75) is 32.1 Å². The van der Waals surface area contributed by atoms with Gasteiger partial charge in [0.05, 0.1) is 25.9 Å². The van der Waals surface area contributed by atoms with Gasteiger partial charge >= 0.3 is 5.97 Å². The molecule has 0 spiro atoms. The van der Waals surface area contributed by atoms with E-state index in [0.717, 1.165) is 25.7 Å². The van der Waals surface area contributed by atoms with Crippen LogP contribution in [0, 0.1) is 11.3 Å². The van der Waals surface area contributed by atoms with E-state index < -0.39 is 9.84 Å². The maximum atomic E-state index is 11.9. The molecule has 0 heterocycles. The van der Waals surface area contributed by atoms with Crippen LogP contribution in [0.1, 0.15) is 32.1 Å². The highest BCUT2D eigenvalue weighted by atomic mass is 32.2. The van der Waals surface area contributed by atoms with Crippen molar-refractivity contribution in [2.75, 3.05) is 25.4 Å². The minimum absolute atomic E-state index is 0.0414. The summed E-state index contributed by atoms with van der Waals surface area (Å²) in [6, 6.07) is 0.